The molecule has 0 fully saturated rings. The minimum Gasteiger partial charge on any atom is -0.456 e. The first-order valence-corrected chi connectivity index (χ1v) is 21.8. The molecule has 0 saturated carbocycles. The third-order valence-corrected chi connectivity index (χ3v) is 15.6. The van der Waals surface area contributed by atoms with Crippen molar-refractivity contribution in [3.8, 4) is 34.1 Å². The number of aromatic nitrogens is 6. The Hall–Kier alpha value is -5.43. The van der Waals surface area contributed by atoms with Gasteiger partial charge in [0.05, 0.1) is 45.0 Å². The highest BCUT2D eigenvalue weighted by molar-refractivity contribution is 5.85. The SMILES string of the molecule is C.Cc1c(C)[n+](C)c2n1C(C)(C)c1cc3c(cc1-2)C(C)(C)c1ccccc1-3.Cc1c(C)[n+](C)c2n1C(C)(C)c1ccccc1C2.Cc1c(C)[n+](C)c2n1C(C)(C)c1ccoc1-2. The van der Waals surface area contributed by atoms with Gasteiger partial charge in [-0.15, -0.1) is 0 Å². The summed E-state index contributed by atoms with van der Waals surface area (Å²) in [7, 11) is 6.48. The monoisotopic (exact) mass is 818 g/mol. The molecule has 3 aliphatic heterocycles. The average molecular weight is 818 g/mol. The fourth-order valence-corrected chi connectivity index (χ4v) is 11.8. The van der Waals surface area contributed by atoms with Crippen LogP contribution < -0.4 is 13.7 Å². The molecule has 4 aliphatic rings. The van der Waals surface area contributed by atoms with E-state index in [0.29, 0.717) is 0 Å². The van der Waals surface area contributed by atoms with Crippen LogP contribution >= 0.6 is 0 Å². The van der Waals surface area contributed by atoms with Crippen LogP contribution in [0.15, 0.2) is 77.4 Å². The van der Waals surface area contributed by atoms with Gasteiger partial charge in [0.15, 0.2) is 0 Å². The Kier molecular flexibility index (Phi) is 9.38. The van der Waals surface area contributed by atoms with Gasteiger partial charge in [0.25, 0.3) is 11.6 Å². The first kappa shape index (κ1) is 42.3. The van der Waals surface area contributed by atoms with Crippen LogP contribution in [0.2, 0.25) is 0 Å². The van der Waals surface area contributed by atoms with E-state index >= 15 is 0 Å². The van der Waals surface area contributed by atoms with Crippen LogP contribution in [0.3, 0.4) is 0 Å². The smallest absolute Gasteiger partial charge is 0.326 e. The van der Waals surface area contributed by atoms with Crippen molar-refractivity contribution in [2.24, 2.45) is 21.1 Å². The molecule has 7 heteroatoms. The lowest BCUT2D eigenvalue weighted by Gasteiger charge is -2.30. The molecule has 7 aromatic rings. The lowest BCUT2D eigenvalue weighted by molar-refractivity contribution is -0.684. The van der Waals surface area contributed by atoms with Crippen molar-refractivity contribution in [2.75, 3.05) is 0 Å². The molecule has 3 aromatic carbocycles. The van der Waals surface area contributed by atoms with Crippen LogP contribution in [-0.4, -0.2) is 13.7 Å². The second-order valence-electron chi connectivity index (χ2n) is 20.0. The Bertz CT molecular complexity index is 2950. The Morgan fingerprint density at radius 2 is 0.984 bits per heavy atom. The van der Waals surface area contributed by atoms with E-state index < -0.39 is 0 Å². The van der Waals surface area contributed by atoms with E-state index in [-0.39, 0.29) is 29.5 Å². The number of imidazole rings is 3. The highest BCUT2D eigenvalue weighted by Gasteiger charge is 2.50. The minimum absolute atomic E-state index is 0. The third-order valence-electron chi connectivity index (χ3n) is 15.6. The zero-order valence-electron chi connectivity index (χ0n) is 39.2. The van der Waals surface area contributed by atoms with Crippen LogP contribution in [-0.2, 0) is 49.6 Å². The Morgan fingerprint density at radius 1 is 0.492 bits per heavy atom. The fraction of sp³-hybridized carbons (Fsp3) is 0.426. The quantitative estimate of drug-likeness (QED) is 0.141. The molecule has 7 nitrogen and oxygen atoms in total. The summed E-state index contributed by atoms with van der Waals surface area (Å²) in [5, 5.41) is 0. The summed E-state index contributed by atoms with van der Waals surface area (Å²) in [6.45, 7) is 31.8. The topological polar surface area (TPSA) is 39.6 Å². The Morgan fingerprint density at radius 3 is 1.64 bits per heavy atom. The number of furan rings is 1. The van der Waals surface area contributed by atoms with E-state index in [1.54, 1.807) is 6.26 Å². The maximum Gasteiger partial charge on any atom is 0.326 e. The number of benzene rings is 3. The summed E-state index contributed by atoms with van der Waals surface area (Å²) in [5.74, 6) is 4.95. The second kappa shape index (κ2) is 13.5. The van der Waals surface area contributed by atoms with Crippen LogP contribution in [0.5, 0.6) is 0 Å². The molecule has 1 aliphatic carbocycles. The highest BCUT2D eigenvalue weighted by atomic mass is 16.3. The molecule has 318 valence electrons. The summed E-state index contributed by atoms with van der Waals surface area (Å²) in [4.78, 5) is 0. The molecule has 0 unspecified atom stereocenters. The van der Waals surface area contributed by atoms with E-state index in [9.17, 15) is 0 Å². The molecule has 0 amide bonds. The number of hydrogen-bond acceptors (Lipinski definition) is 1. The molecule has 11 rings (SSSR count). The first-order valence-electron chi connectivity index (χ1n) is 21.8. The number of nitrogens with zero attached hydrogens (tertiary/aromatic N) is 6. The van der Waals surface area contributed by atoms with E-state index in [0.717, 1.165) is 12.2 Å². The molecular formula is C54H69N6O+3. The van der Waals surface area contributed by atoms with Crippen molar-refractivity contribution < 1.29 is 18.1 Å². The predicted molar refractivity (Wildman–Crippen MR) is 247 cm³/mol. The van der Waals surface area contributed by atoms with Gasteiger partial charge in [-0.1, -0.05) is 69.8 Å². The van der Waals surface area contributed by atoms with Crippen LogP contribution in [0.25, 0.3) is 34.1 Å². The van der Waals surface area contributed by atoms with E-state index in [4.69, 9.17) is 4.42 Å². The van der Waals surface area contributed by atoms with E-state index in [2.05, 4.69) is 212 Å². The van der Waals surface area contributed by atoms with Gasteiger partial charge in [-0.25, -0.2) is 27.4 Å². The molecule has 0 bridgehead atoms. The van der Waals surface area contributed by atoms with Crippen molar-refractivity contribution in [1.29, 1.82) is 0 Å². The largest absolute Gasteiger partial charge is 0.456 e. The van der Waals surface area contributed by atoms with Crippen LogP contribution in [0.1, 0.15) is 136 Å². The molecule has 61 heavy (non-hydrogen) atoms. The first-order chi connectivity index (χ1) is 28.1. The molecule has 0 N–H and O–H groups in total. The van der Waals surface area contributed by atoms with Gasteiger partial charge in [-0.05, 0) is 87.6 Å². The van der Waals surface area contributed by atoms with Crippen LogP contribution in [0.4, 0.5) is 0 Å². The molecule has 0 saturated heterocycles. The normalized spacial score (nSPS) is 16.6. The molecule has 4 aromatic heterocycles. The summed E-state index contributed by atoms with van der Waals surface area (Å²) < 4.78 is 20.0. The minimum atomic E-state index is -0.0303. The maximum absolute atomic E-state index is 5.65. The zero-order chi connectivity index (χ0) is 43.3. The van der Waals surface area contributed by atoms with Gasteiger partial charge < -0.3 is 4.42 Å². The summed E-state index contributed by atoms with van der Waals surface area (Å²) in [6, 6.07) is 24.8. The standard InChI is InChI=1S/C24H27N2.C16H21N2.C13H17N2O.CH4/c1-14-15(2)26-22(25(14)7)18-13-20-17(12-21(18)24(26,5)6)16-10-8-9-11-19(16)23(20,3)4;1-11-12(2)18-15(17(11)5)10-13-8-6-7-9-14(13)16(18,3)4;1-8-9(2)15-12(14(8)5)11-10(6-7-16-11)13(15,3)4;/h8-13H,1-7H3;6-9H,10H2,1-5H3;6-7H,1-5H3;1H4/q3*+1;. The Labute approximate surface area is 365 Å². The molecule has 0 atom stereocenters. The molecular weight excluding hydrogens is 749 g/mol. The second-order valence-corrected chi connectivity index (χ2v) is 20.0. The van der Waals surface area contributed by atoms with Crippen molar-refractivity contribution in [3.63, 3.8) is 0 Å². The molecule has 0 spiro atoms. The van der Waals surface area contributed by atoms with Gasteiger partial charge in [0.2, 0.25) is 5.76 Å². The van der Waals surface area contributed by atoms with Gasteiger partial charge in [-0.3, -0.25) is 0 Å². The Balaban J connectivity index is 0.000000130. The number of fused-ring (bicyclic) bond motifs is 11. The van der Waals surface area contributed by atoms with Gasteiger partial charge in [0.1, 0.15) is 50.8 Å². The van der Waals surface area contributed by atoms with Crippen molar-refractivity contribution in [3.05, 3.63) is 146 Å². The number of rotatable bonds is 0. The summed E-state index contributed by atoms with van der Waals surface area (Å²) in [6.07, 6.45) is 2.82. The molecule has 7 heterocycles. The summed E-state index contributed by atoms with van der Waals surface area (Å²) >= 11 is 0. The van der Waals surface area contributed by atoms with Crippen molar-refractivity contribution in [1.82, 2.24) is 13.7 Å². The number of hydrogen-bond donors (Lipinski definition) is 0. The highest BCUT2D eigenvalue weighted by Crippen LogP contribution is 2.54. The van der Waals surface area contributed by atoms with E-state index in [1.807, 2.05) is 0 Å². The van der Waals surface area contributed by atoms with Crippen molar-refractivity contribution >= 4 is 0 Å². The predicted octanol–water partition coefficient (Wildman–Crippen LogP) is 10.5. The summed E-state index contributed by atoms with van der Waals surface area (Å²) in [5.41, 5.74) is 20.9. The van der Waals surface area contributed by atoms with Gasteiger partial charge in [0, 0.05) is 58.1 Å². The zero-order valence-corrected chi connectivity index (χ0v) is 39.2. The maximum atomic E-state index is 5.65. The van der Waals surface area contributed by atoms with Crippen LogP contribution in [0, 0.1) is 41.5 Å². The lowest BCUT2D eigenvalue weighted by Crippen LogP contribution is -2.42. The van der Waals surface area contributed by atoms with Gasteiger partial charge >= 0.3 is 5.82 Å². The van der Waals surface area contributed by atoms with E-state index in [1.165, 1.54) is 102 Å². The fourth-order valence-electron chi connectivity index (χ4n) is 11.8. The van der Waals surface area contributed by atoms with Gasteiger partial charge in [-0.2, -0.15) is 0 Å². The third kappa shape index (κ3) is 5.44. The average Bonchev–Trinajstić information content (AvgIpc) is 4.03. The lowest BCUT2D eigenvalue weighted by atomic mass is 9.80. The molecule has 0 radical (unpaired) electrons. The van der Waals surface area contributed by atoms with Crippen molar-refractivity contribution in [2.45, 2.75) is 133 Å².